The van der Waals surface area contributed by atoms with Crippen molar-refractivity contribution in [2.45, 2.75) is 25.5 Å². The predicted molar refractivity (Wildman–Crippen MR) is 153 cm³/mol. The van der Waals surface area contributed by atoms with Gasteiger partial charge in [-0.2, -0.15) is 0 Å². The van der Waals surface area contributed by atoms with E-state index >= 15 is 0 Å². The first-order valence-electron chi connectivity index (χ1n) is 13.7. The van der Waals surface area contributed by atoms with Gasteiger partial charge in [-0.15, -0.1) is 0 Å². The van der Waals surface area contributed by atoms with Crippen LogP contribution in [-0.2, 0) is 16.1 Å². The maximum Gasteiger partial charge on any atom is 0.186 e. The van der Waals surface area contributed by atoms with Crippen molar-refractivity contribution in [3.8, 4) is 11.5 Å². The fourth-order valence-corrected chi connectivity index (χ4v) is 6.09. The standard InChI is InChI=1S/C29H30FN3O2S.C2H2O4/c30-23-11-9-21(10-12-23)17-33(29-31-25-5-1-4-8-28(25)36-29)18-22-13-15-32(16-14-22)19-24-20-34-26-6-2-3-7-27(26)35-24;3-1(4)2(5)6/h1-12,22,24H,13-20H2;(H,3,4)(H,5,6)/p-2. The highest BCUT2D eigenvalue weighted by atomic mass is 32.1. The molecule has 220 valence electrons. The van der Waals surface area contributed by atoms with Crippen LogP contribution in [0.2, 0.25) is 0 Å². The van der Waals surface area contributed by atoms with Gasteiger partial charge in [0.25, 0.3) is 0 Å². The number of ether oxygens (including phenoxy) is 2. The van der Waals surface area contributed by atoms with Gasteiger partial charge in [0.15, 0.2) is 16.6 Å². The number of likely N-dealkylation sites (tertiary alicyclic amines) is 1. The van der Waals surface area contributed by atoms with Crippen LogP contribution >= 0.6 is 11.3 Å². The number of aliphatic carboxylic acids is 2. The molecule has 2 aliphatic heterocycles. The lowest BCUT2D eigenvalue weighted by atomic mass is 9.96. The number of halogens is 1. The molecule has 42 heavy (non-hydrogen) atoms. The van der Waals surface area contributed by atoms with Crippen LogP contribution < -0.4 is 24.6 Å². The molecule has 0 bridgehead atoms. The van der Waals surface area contributed by atoms with Crippen LogP contribution in [0.25, 0.3) is 10.2 Å². The zero-order chi connectivity index (χ0) is 29.5. The molecular weight excluding hydrogens is 561 g/mol. The minimum Gasteiger partial charge on any atom is -0.543 e. The van der Waals surface area contributed by atoms with Crippen molar-refractivity contribution < 1.29 is 33.7 Å². The number of carbonyl (C=O) groups excluding carboxylic acids is 2. The van der Waals surface area contributed by atoms with E-state index in [1.165, 1.54) is 4.70 Å². The number of fused-ring (bicyclic) bond motifs is 2. The minimum atomic E-state index is -2.19. The SMILES string of the molecule is Fc1ccc(CN(CC2CCN(CC3COc4ccccc4O3)CC2)c2nc3ccccc3s2)cc1.O=C([O-])C(=O)[O-]. The molecule has 0 amide bonds. The van der Waals surface area contributed by atoms with Gasteiger partial charge in [0.1, 0.15) is 18.5 Å². The van der Waals surface area contributed by atoms with E-state index in [0.717, 1.165) is 73.3 Å². The Morgan fingerprint density at radius 3 is 2.31 bits per heavy atom. The van der Waals surface area contributed by atoms with E-state index in [1.54, 1.807) is 23.5 Å². The van der Waals surface area contributed by atoms with Crippen LogP contribution in [0.5, 0.6) is 11.5 Å². The third-order valence-corrected chi connectivity index (χ3v) is 8.32. The monoisotopic (exact) mass is 591 g/mol. The number of benzene rings is 3. The minimum absolute atomic E-state index is 0.0640. The second kappa shape index (κ2) is 13.6. The van der Waals surface area contributed by atoms with Crippen molar-refractivity contribution >= 4 is 38.6 Å². The molecule has 1 saturated heterocycles. The van der Waals surface area contributed by atoms with Crippen LogP contribution in [0.15, 0.2) is 72.8 Å². The first kappa shape index (κ1) is 29.3. The van der Waals surface area contributed by atoms with Crippen LogP contribution in [-0.4, -0.2) is 60.7 Å². The zero-order valence-electron chi connectivity index (χ0n) is 22.8. The number of carboxylic acids is 2. The molecule has 0 spiro atoms. The number of para-hydroxylation sites is 3. The summed E-state index contributed by atoms with van der Waals surface area (Å²) in [6.45, 7) is 5.26. The smallest absolute Gasteiger partial charge is 0.186 e. The summed E-state index contributed by atoms with van der Waals surface area (Å²) in [4.78, 5) is 27.7. The molecular formula is C31H30FN3O6S-2. The number of rotatable bonds is 7. The van der Waals surface area contributed by atoms with Crippen molar-refractivity contribution in [3.63, 3.8) is 0 Å². The average Bonchev–Trinajstić information content (AvgIpc) is 3.44. The van der Waals surface area contributed by atoms with E-state index in [1.807, 2.05) is 42.5 Å². The Bertz CT molecular complexity index is 1460. The Morgan fingerprint density at radius 2 is 1.62 bits per heavy atom. The first-order chi connectivity index (χ1) is 20.3. The summed E-state index contributed by atoms with van der Waals surface area (Å²) in [5.41, 5.74) is 2.13. The molecule has 3 aromatic carbocycles. The summed E-state index contributed by atoms with van der Waals surface area (Å²) < 4.78 is 26.8. The number of anilines is 1. The molecule has 4 aromatic rings. The molecule has 0 radical (unpaired) electrons. The molecule has 1 unspecified atom stereocenters. The van der Waals surface area contributed by atoms with Crippen molar-refractivity contribution in [2.24, 2.45) is 5.92 Å². The van der Waals surface area contributed by atoms with Crippen molar-refractivity contribution in [3.05, 3.63) is 84.2 Å². The van der Waals surface area contributed by atoms with Gasteiger partial charge < -0.3 is 34.2 Å². The second-order valence-corrected chi connectivity index (χ2v) is 11.3. The van der Waals surface area contributed by atoms with Crippen LogP contribution in [0.1, 0.15) is 18.4 Å². The number of thiazole rings is 1. The lowest BCUT2D eigenvalue weighted by Crippen LogP contribution is -2.45. The Kier molecular flexibility index (Phi) is 9.50. The number of aromatic nitrogens is 1. The molecule has 1 aromatic heterocycles. The maximum atomic E-state index is 13.5. The summed E-state index contributed by atoms with van der Waals surface area (Å²) in [6, 6.07) is 23.0. The van der Waals surface area contributed by atoms with E-state index in [9.17, 15) is 4.39 Å². The predicted octanol–water partition coefficient (Wildman–Crippen LogP) is 2.48. The highest BCUT2D eigenvalue weighted by molar-refractivity contribution is 7.22. The summed E-state index contributed by atoms with van der Waals surface area (Å²) >= 11 is 1.73. The molecule has 3 heterocycles. The second-order valence-electron chi connectivity index (χ2n) is 10.3. The largest absolute Gasteiger partial charge is 0.543 e. The van der Waals surface area contributed by atoms with Crippen LogP contribution in [0.4, 0.5) is 9.52 Å². The molecule has 0 aliphatic carbocycles. The molecule has 11 heteroatoms. The quantitative estimate of drug-likeness (QED) is 0.299. The summed E-state index contributed by atoms with van der Waals surface area (Å²) in [5.74, 6) is -2.31. The van der Waals surface area contributed by atoms with Crippen LogP contribution in [0.3, 0.4) is 0 Å². The molecule has 1 fully saturated rings. The lowest BCUT2D eigenvalue weighted by molar-refractivity contribution is -0.345. The van der Waals surface area contributed by atoms with Crippen molar-refractivity contribution in [1.82, 2.24) is 9.88 Å². The Hall–Kier alpha value is -4.22. The van der Waals surface area contributed by atoms with Gasteiger partial charge in [-0.1, -0.05) is 47.7 Å². The average molecular weight is 592 g/mol. The van der Waals surface area contributed by atoms with Gasteiger partial charge in [0.2, 0.25) is 0 Å². The topological polar surface area (TPSA) is 118 Å². The molecule has 0 saturated carbocycles. The fourth-order valence-electron chi connectivity index (χ4n) is 5.12. The fraction of sp³-hybridized carbons (Fsp3) is 0.323. The first-order valence-corrected chi connectivity index (χ1v) is 14.5. The normalized spacial score (nSPS) is 16.8. The zero-order valence-corrected chi connectivity index (χ0v) is 23.6. The Morgan fingerprint density at radius 1 is 0.952 bits per heavy atom. The molecule has 1 atom stereocenters. The van der Waals surface area contributed by atoms with Crippen molar-refractivity contribution in [1.29, 1.82) is 0 Å². The molecule has 0 N–H and O–H groups in total. The van der Waals surface area contributed by atoms with E-state index < -0.39 is 11.9 Å². The van der Waals surface area contributed by atoms with E-state index in [2.05, 4.69) is 28.0 Å². The number of carbonyl (C=O) groups is 2. The summed E-state index contributed by atoms with van der Waals surface area (Å²) in [5, 5.41) is 18.9. The number of carboxylic acid groups (broad SMARTS) is 2. The lowest BCUT2D eigenvalue weighted by Gasteiger charge is -2.37. The number of nitrogens with zero attached hydrogens (tertiary/aromatic N) is 3. The van der Waals surface area contributed by atoms with Gasteiger partial charge >= 0.3 is 0 Å². The van der Waals surface area contributed by atoms with Gasteiger partial charge in [0, 0.05) is 19.6 Å². The molecule has 6 rings (SSSR count). The summed E-state index contributed by atoms with van der Waals surface area (Å²) in [6.07, 6.45) is 2.33. The van der Waals surface area contributed by atoms with Gasteiger partial charge in [-0.05, 0) is 73.8 Å². The van der Waals surface area contributed by atoms with Gasteiger partial charge in [-0.25, -0.2) is 9.37 Å². The maximum absolute atomic E-state index is 13.5. The van der Waals surface area contributed by atoms with Crippen molar-refractivity contribution in [2.75, 3.05) is 37.7 Å². The van der Waals surface area contributed by atoms with Gasteiger partial charge in [-0.3, -0.25) is 4.90 Å². The Balaban J connectivity index is 0.000000535. The highest BCUT2D eigenvalue weighted by Crippen LogP contribution is 2.33. The van der Waals surface area contributed by atoms with E-state index in [-0.39, 0.29) is 11.9 Å². The number of hydrogen-bond donors (Lipinski definition) is 0. The summed E-state index contributed by atoms with van der Waals surface area (Å²) in [7, 11) is 0. The van der Waals surface area contributed by atoms with E-state index in [4.69, 9.17) is 34.3 Å². The third kappa shape index (κ3) is 7.74. The number of piperidine rings is 1. The molecule has 2 aliphatic rings. The van der Waals surface area contributed by atoms with E-state index in [0.29, 0.717) is 12.5 Å². The Labute approximate surface area is 246 Å². The highest BCUT2D eigenvalue weighted by Gasteiger charge is 2.27. The third-order valence-electron chi connectivity index (χ3n) is 7.22. The molecule has 9 nitrogen and oxygen atoms in total. The number of hydrogen-bond acceptors (Lipinski definition) is 10. The van der Waals surface area contributed by atoms with Crippen LogP contribution in [0, 0.1) is 11.7 Å². The van der Waals surface area contributed by atoms with Gasteiger partial charge in [0.05, 0.1) is 22.2 Å².